The highest BCUT2D eigenvalue weighted by Gasteiger charge is 2.09. The molecular weight excluding hydrogens is 254 g/mol. The maximum atomic E-state index is 5.98. The molecule has 3 nitrogen and oxygen atoms in total. The summed E-state index contributed by atoms with van der Waals surface area (Å²) in [4.78, 5) is 2.19. The molecule has 0 saturated carbocycles. The highest BCUT2D eigenvalue weighted by Crippen LogP contribution is 2.19. The van der Waals surface area contributed by atoms with Crippen molar-refractivity contribution in [2.75, 3.05) is 7.05 Å². The Morgan fingerprint density at radius 3 is 2.71 bits per heavy atom. The molecule has 0 unspecified atom stereocenters. The Morgan fingerprint density at radius 2 is 2.06 bits per heavy atom. The van der Waals surface area contributed by atoms with Crippen LogP contribution in [0.2, 0.25) is 4.34 Å². The maximum absolute atomic E-state index is 5.98. The van der Waals surface area contributed by atoms with Crippen LogP contribution < -0.4 is 0 Å². The Hall–Kier alpha value is -0.970. The van der Waals surface area contributed by atoms with Gasteiger partial charge in [-0.1, -0.05) is 40.4 Å². The van der Waals surface area contributed by atoms with Crippen molar-refractivity contribution in [2.45, 2.75) is 20.0 Å². The van der Waals surface area contributed by atoms with Crippen LogP contribution in [0.5, 0.6) is 0 Å². The molecule has 1 aromatic heterocycles. The van der Waals surface area contributed by atoms with Crippen LogP contribution in [0.1, 0.15) is 16.8 Å². The highest BCUT2D eigenvalue weighted by molar-refractivity contribution is 7.10. The van der Waals surface area contributed by atoms with Crippen molar-refractivity contribution in [2.24, 2.45) is 0 Å². The standard InChI is InChI=1S/C12H14ClN3S/c1-9-5-3-4-6-10(9)7-16(2)8-11-12(13)17-15-14-11/h3-6H,7-8H2,1-2H3. The van der Waals surface area contributed by atoms with E-state index in [0.717, 1.165) is 18.8 Å². The third-order valence-electron chi connectivity index (χ3n) is 2.63. The van der Waals surface area contributed by atoms with E-state index in [1.54, 1.807) is 0 Å². The van der Waals surface area contributed by atoms with Crippen LogP contribution in [0.25, 0.3) is 0 Å². The van der Waals surface area contributed by atoms with Crippen LogP contribution in [0.3, 0.4) is 0 Å². The average Bonchev–Trinajstić information content (AvgIpc) is 2.68. The molecule has 0 N–H and O–H groups in total. The molecule has 0 amide bonds. The Balaban J connectivity index is 2.01. The summed E-state index contributed by atoms with van der Waals surface area (Å²) in [6.07, 6.45) is 0. The minimum atomic E-state index is 0.682. The van der Waals surface area contributed by atoms with E-state index in [1.807, 2.05) is 0 Å². The molecule has 1 aromatic carbocycles. The van der Waals surface area contributed by atoms with E-state index < -0.39 is 0 Å². The Bertz CT molecular complexity index is 498. The second-order valence-corrected chi connectivity index (χ2v) is 5.45. The zero-order chi connectivity index (χ0) is 12.3. The Labute approximate surface area is 110 Å². The molecule has 2 aromatic rings. The van der Waals surface area contributed by atoms with E-state index in [2.05, 4.69) is 52.7 Å². The summed E-state index contributed by atoms with van der Waals surface area (Å²) in [6.45, 7) is 3.74. The average molecular weight is 268 g/mol. The van der Waals surface area contributed by atoms with Gasteiger partial charge in [0.25, 0.3) is 0 Å². The molecular formula is C12H14ClN3S. The molecule has 0 aliphatic carbocycles. The van der Waals surface area contributed by atoms with Crippen LogP contribution in [-0.2, 0) is 13.1 Å². The molecule has 0 bridgehead atoms. The van der Waals surface area contributed by atoms with Crippen molar-refractivity contribution in [3.8, 4) is 0 Å². The fourth-order valence-corrected chi connectivity index (χ4v) is 2.29. The van der Waals surface area contributed by atoms with E-state index in [-0.39, 0.29) is 0 Å². The molecule has 0 saturated heterocycles. The largest absolute Gasteiger partial charge is 0.296 e. The quantitative estimate of drug-likeness (QED) is 0.852. The Morgan fingerprint density at radius 1 is 1.29 bits per heavy atom. The number of aryl methyl sites for hydroxylation is 1. The molecule has 1 heterocycles. The molecule has 0 spiro atoms. The van der Waals surface area contributed by atoms with Crippen LogP contribution in [0, 0.1) is 6.92 Å². The Kier molecular flexibility index (Phi) is 4.10. The van der Waals surface area contributed by atoms with Crippen LogP contribution >= 0.6 is 23.1 Å². The van der Waals surface area contributed by atoms with Gasteiger partial charge in [0.05, 0.1) is 0 Å². The minimum absolute atomic E-state index is 0.682. The first-order chi connectivity index (χ1) is 8.16. The van der Waals surface area contributed by atoms with Crippen LogP contribution in [-0.4, -0.2) is 21.5 Å². The predicted molar refractivity (Wildman–Crippen MR) is 71.3 cm³/mol. The molecule has 90 valence electrons. The molecule has 5 heteroatoms. The monoisotopic (exact) mass is 267 g/mol. The van der Waals surface area contributed by atoms with E-state index >= 15 is 0 Å². The zero-order valence-corrected chi connectivity index (χ0v) is 11.4. The predicted octanol–water partition coefficient (Wildman–Crippen LogP) is 3.13. The third-order valence-corrected chi connectivity index (χ3v) is 3.61. The summed E-state index contributed by atoms with van der Waals surface area (Å²) in [5, 5.41) is 4.01. The molecule has 0 aliphatic heterocycles. The molecule has 0 aliphatic rings. The summed E-state index contributed by atoms with van der Waals surface area (Å²) < 4.78 is 4.51. The fourth-order valence-electron chi connectivity index (χ4n) is 1.68. The molecule has 17 heavy (non-hydrogen) atoms. The normalized spacial score (nSPS) is 11.1. The number of hydrogen-bond donors (Lipinski definition) is 0. The van der Waals surface area contributed by atoms with E-state index in [0.29, 0.717) is 4.34 Å². The second-order valence-electron chi connectivity index (χ2n) is 4.09. The van der Waals surface area contributed by atoms with E-state index in [4.69, 9.17) is 11.6 Å². The summed E-state index contributed by atoms with van der Waals surface area (Å²) in [5.74, 6) is 0. The smallest absolute Gasteiger partial charge is 0.138 e. The minimum Gasteiger partial charge on any atom is -0.296 e. The highest BCUT2D eigenvalue weighted by atomic mass is 35.5. The molecule has 0 fully saturated rings. The number of nitrogens with zero attached hydrogens (tertiary/aromatic N) is 3. The van der Waals surface area contributed by atoms with Gasteiger partial charge in [-0.2, -0.15) is 0 Å². The van der Waals surface area contributed by atoms with Gasteiger partial charge in [-0.25, -0.2) is 0 Å². The second kappa shape index (κ2) is 5.58. The van der Waals surface area contributed by atoms with Gasteiger partial charge < -0.3 is 0 Å². The van der Waals surface area contributed by atoms with Crippen molar-refractivity contribution in [3.05, 3.63) is 45.4 Å². The van der Waals surface area contributed by atoms with Gasteiger partial charge in [-0.15, -0.1) is 5.10 Å². The van der Waals surface area contributed by atoms with Gasteiger partial charge in [-0.3, -0.25) is 4.90 Å². The zero-order valence-electron chi connectivity index (χ0n) is 9.85. The van der Waals surface area contributed by atoms with Gasteiger partial charge in [-0.05, 0) is 25.1 Å². The number of halogens is 1. The third kappa shape index (κ3) is 3.25. The van der Waals surface area contributed by atoms with E-state index in [9.17, 15) is 0 Å². The fraction of sp³-hybridized carbons (Fsp3) is 0.333. The van der Waals surface area contributed by atoms with Gasteiger partial charge >= 0.3 is 0 Å². The van der Waals surface area contributed by atoms with E-state index in [1.165, 1.54) is 22.7 Å². The summed E-state index contributed by atoms with van der Waals surface area (Å²) in [5.41, 5.74) is 3.49. The van der Waals surface area contributed by atoms with Gasteiger partial charge in [0.2, 0.25) is 0 Å². The lowest BCUT2D eigenvalue weighted by Gasteiger charge is -2.16. The number of benzene rings is 1. The SMILES string of the molecule is Cc1ccccc1CN(C)Cc1nnsc1Cl. The first kappa shape index (κ1) is 12.5. The lowest BCUT2D eigenvalue weighted by molar-refractivity contribution is 0.314. The number of aromatic nitrogens is 2. The molecule has 0 radical (unpaired) electrons. The van der Waals surface area contributed by atoms with Crippen molar-refractivity contribution < 1.29 is 0 Å². The van der Waals surface area contributed by atoms with Crippen LogP contribution in [0.4, 0.5) is 0 Å². The topological polar surface area (TPSA) is 29.0 Å². The van der Waals surface area contributed by atoms with Crippen molar-refractivity contribution in [1.82, 2.24) is 14.5 Å². The van der Waals surface area contributed by atoms with Gasteiger partial charge in [0.15, 0.2) is 0 Å². The lowest BCUT2D eigenvalue weighted by atomic mass is 10.1. The maximum Gasteiger partial charge on any atom is 0.138 e. The summed E-state index contributed by atoms with van der Waals surface area (Å²) in [6, 6.07) is 8.39. The first-order valence-corrected chi connectivity index (χ1v) is 6.51. The number of hydrogen-bond acceptors (Lipinski definition) is 4. The van der Waals surface area contributed by atoms with Crippen LogP contribution in [0.15, 0.2) is 24.3 Å². The number of rotatable bonds is 4. The van der Waals surface area contributed by atoms with Gasteiger partial charge in [0, 0.05) is 24.6 Å². The lowest BCUT2D eigenvalue weighted by Crippen LogP contribution is -2.18. The van der Waals surface area contributed by atoms with Gasteiger partial charge in [0.1, 0.15) is 10.0 Å². The summed E-state index contributed by atoms with van der Waals surface area (Å²) >= 11 is 7.22. The molecule has 0 atom stereocenters. The molecule has 2 rings (SSSR count). The summed E-state index contributed by atoms with van der Waals surface area (Å²) in [7, 11) is 2.06. The van der Waals surface area contributed by atoms with Crippen molar-refractivity contribution in [1.29, 1.82) is 0 Å². The van der Waals surface area contributed by atoms with Crippen molar-refractivity contribution in [3.63, 3.8) is 0 Å². The first-order valence-electron chi connectivity index (χ1n) is 5.36. The van der Waals surface area contributed by atoms with Crippen molar-refractivity contribution >= 4 is 23.1 Å².